The molecule has 5 fully saturated rings. The van der Waals surface area contributed by atoms with Gasteiger partial charge in [-0.3, -0.25) is 19.4 Å². The molecule has 77 heavy (non-hydrogen) atoms. The van der Waals surface area contributed by atoms with E-state index in [-0.39, 0.29) is 78.1 Å². The van der Waals surface area contributed by atoms with E-state index in [0.29, 0.717) is 17.5 Å². The second-order valence-corrected chi connectivity index (χ2v) is 25.2. The van der Waals surface area contributed by atoms with Crippen molar-refractivity contribution >= 4 is 25.5 Å². The Kier molecular flexibility index (Phi) is 20.9. The minimum Gasteiger partial charge on any atom is -1.00 e. The molecule has 1 heterocycles. The molecule has 0 radical (unpaired) electrons. The van der Waals surface area contributed by atoms with Gasteiger partial charge in [-0.1, -0.05) is 94.0 Å². The van der Waals surface area contributed by atoms with Crippen molar-refractivity contribution in [2.24, 2.45) is 34.5 Å². The number of quaternary nitrogens is 1. The zero-order chi connectivity index (χ0) is 54.3. The van der Waals surface area contributed by atoms with Crippen molar-refractivity contribution in [1.82, 2.24) is 5.32 Å². The van der Waals surface area contributed by atoms with Crippen LogP contribution in [-0.4, -0.2) is 126 Å². The minimum absolute atomic E-state index is 0. The van der Waals surface area contributed by atoms with Crippen LogP contribution in [0.25, 0.3) is 0 Å². The van der Waals surface area contributed by atoms with Gasteiger partial charge < -0.3 is 60.6 Å². The van der Waals surface area contributed by atoms with E-state index in [4.69, 9.17) is 28.2 Å². The third-order valence-corrected chi connectivity index (χ3v) is 18.4. The average molecular weight is 1110 g/mol. The number of fused-ring (bicyclic) bond motifs is 7. The van der Waals surface area contributed by atoms with E-state index in [1.165, 1.54) is 11.6 Å². The van der Waals surface area contributed by atoms with Gasteiger partial charge >= 0.3 is 14.0 Å². The molecule has 4 saturated carbocycles. The molecule has 5 unspecified atom stereocenters. The van der Waals surface area contributed by atoms with Gasteiger partial charge in [-0.05, 0) is 131 Å². The molecule has 5 aliphatic carbocycles. The summed E-state index contributed by atoms with van der Waals surface area (Å²) in [7, 11) is -1.20. The first-order valence-electron chi connectivity index (χ1n) is 28.2. The number of rotatable bonds is 26. The van der Waals surface area contributed by atoms with Crippen molar-refractivity contribution in [1.29, 1.82) is 0 Å². The standard InChI is InChI=1S/C59H85N2O14P.ClH/c1-40(37-61(4,5)38-44-32-43(23-26-51(44)75-76(67,68)69)50(64)36-60-29-15-6-7-16-30-70-31-17-14-20-41-18-10-8-11-19-41)72-56(66)71-39-52(65)59-53(73-55(74-59)42-21-12-9-13-22-42)34-48-47-25-24-45-33-46(62)27-28-57(45,2)54(47)49(63)35-58(48,59)3;/h8,10-11,18-19,23,26-28,32-33,40,42,47-50,53-55,60,63-64H,6-7,9,12-17,20-22,24-25,29-31,34-39H2,1-5H3,(H-,67,68,69);1H/t40?,47?,48?,49-,50?,53-,54?,55+,57-,58-,59+;/m0./s1. The maximum absolute atomic E-state index is 15.0. The lowest BCUT2D eigenvalue weighted by Gasteiger charge is -2.59. The molecule has 18 heteroatoms. The van der Waals surface area contributed by atoms with Crippen LogP contribution in [0.1, 0.15) is 140 Å². The van der Waals surface area contributed by atoms with Crippen molar-refractivity contribution in [2.75, 3.05) is 53.6 Å². The highest BCUT2D eigenvalue weighted by Gasteiger charge is 2.76. The normalized spacial score (nSPS) is 29.7. The smallest absolute Gasteiger partial charge is 0.524 e. The van der Waals surface area contributed by atoms with E-state index in [1.54, 1.807) is 31.2 Å². The lowest BCUT2D eigenvalue weighted by molar-refractivity contribution is -0.906. The molecule has 1 aliphatic heterocycles. The zero-order valence-corrected chi connectivity index (χ0v) is 47.6. The summed E-state index contributed by atoms with van der Waals surface area (Å²) in [5.74, 6) is -0.494. The van der Waals surface area contributed by atoms with Crippen LogP contribution in [0.2, 0.25) is 0 Å². The molecule has 0 aromatic heterocycles. The number of Topliss-reactive ketones (excluding diaryl/α,β-unsaturated/α-hetero) is 1. The van der Waals surface area contributed by atoms with Gasteiger partial charge in [0.15, 0.2) is 30.4 Å². The highest BCUT2D eigenvalue weighted by atomic mass is 35.5. The number of aliphatic hydroxyl groups is 2. The molecule has 428 valence electrons. The van der Waals surface area contributed by atoms with E-state index >= 15 is 0 Å². The SMILES string of the molecule is CC(C[N+](C)(C)Cc1cc(C(O)CNCCCCCCOCCCCc2ccccc2)ccc1OP(=O)(O)O)OC(=O)OCC(=O)[C@@]12O[C@H](C3CCCCC3)O[C@H]1CC1C3CCC4=CC(=O)C=C[C@]4(C)C3[C@@H](O)C[C@@]12C.[Cl-]. The summed E-state index contributed by atoms with van der Waals surface area (Å²) in [6.45, 7) is 8.22. The number of hydrogen-bond acceptors (Lipinski definition) is 13. The van der Waals surface area contributed by atoms with Crippen LogP contribution in [0.3, 0.4) is 0 Å². The molecule has 8 rings (SSSR count). The maximum Gasteiger partial charge on any atom is 0.524 e. The van der Waals surface area contributed by atoms with Crippen LogP contribution in [0.5, 0.6) is 5.75 Å². The predicted octanol–water partition coefficient (Wildman–Crippen LogP) is 6.02. The Morgan fingerprint density at radius 1 is 0.961 bits per heavy atom. The summed E-state index contributed by atoms with van der Waals surface area (Å²) in [5, 5.41) is 26.7. The van der Waals surface area contributed by atoms with Gasteiger partial charge in [0.05, 0.1) is 32.4 Å². The van der Waals surface area contributed by atoms with Gasteiger partial charge in [0.1, 0.15) is 18.8 Å². The van der Waals surface area contributed by atoms with Crippen molar-refractivity contribution in [3.8, 4) is 5.75 Å². The topological polar surface area (TPSA) is 217 Å². The van der Waals surface area contributed by atoms with E-state index in [1.807, 2.05) is 26.2 Å². The highest BCUT2D eigenvalue weighted by molar-refractivity contribution is 7.46. The number of carbonyl (C=O) groups excluding carboxylic acids is 3. The minimum atomic E-state index is -4.94. The lowest BCUT2D eigenvalue weighted by Crippen LogP contribution is -3.00. The number of nitrogens with one attached hydrogen (secondary N) is 1. The predicted molar refractivity (Wildman–Crippen MR) is 286 cm³/mol. The number of carbonyl (C=O) groups is 3. The Labute approximate surface area is 462 Å². The molecular formula is C59H86ClN2O14P. The fourth-order valence-electron chi connectivity index (χ4n) is 14.5. The Balaban J connectivity index is 0.00000861. The first-order valence-corrected chi connectivity index (χ1v) is 29.8. The Morgan fingerprint density at radius 3 is 2.43 bits per heavy atom. The first-order chi connectivity index (χ1) is 36.2. The van der Waals surface area contributed by atoms with E-state index in [0.717, 1.165) is 115 Å². The molecular weight excluding hydrogens is 1030 g/mol. The number of phosphoric ester groups is 1. The molecule has 5 N–H and O–H groups in total. The van der Waals surface area contributed by atoms with Gasteiger partial charge in [0, 0.05) is 48.0 Å². The number of halogens is 1. The number of likely N-dealkylation sites (N-methyl/N-ethyl adjacent to an activating group) is 1. The number of hydrogen-bond donors (Lipinski definition) is 5. The Hall–Kier alpha value is -3.51. The van der Waals surface area contributed by atoms with Crippen LogP contribution in [0.4, 0.5) is 4.79 Å². The number of nitrogens with zero attached hydrogens (tertiary/aromatic N) is 1. The van der Waals surface area contributed by atoms with Gasteiger partial charge in [0.25, 0.3) is 0 Å². The highest BCUT2D eigenvalue weighted by Crippen LogP contribution is 2.70. The molecule has 1 saturated heterocycles. The van der Waals surface area contributed by atoms with Gasteiger partial charge in [-0.15, -0.1) is 0 Å². The number of benzene rings is 2. The second kappa shape index (κ2) is 26.4. The van der Waals surface area contributed by atoms with Crippen LogP contribution in [-0.2, 0) is 50.8 Å². The first kappa shape index (κ1) is 61.1. The molecule has 2 aromatic rings. The number of ether oxygens (including phenoxy) is 5. The largest absolute Gasteiger partial charge is 1.00 e. The molecule has 16 nitrogen and oxygen atoms in total. The molecule has 11 atom stereocenters. The summed E-state index contributed by atoms with van der Waals surface area (Å²) in [4.78, 5) is 60.5. The monoisotopic (exact) mass is 1110 g/mol. The molecule has 0 amide bonds. The summed E-state index contributed by atoms with van der Waals surface area (Å²) in [5.41, 5.74) is 0.606. The number of allylic oxidation sites excluding steroid dienone is 4. The number of ketones is 2. The van der Waals surface area contributed by atoms with Crippen LogP contribution in [0.15, 0.2) is 72.3 Å². The van der Waals surface area contributed by atoms with Crippen LogP contribution < -0.4 is 22.2 Å². The van der Waals surface area contributed by atoms with E-state index in [2.05, 4.69) is 43.4 Å². The lowest BCUT2D eigenvalue weighted by atomic mass is 9.46. The summed E-state index contributed by atoms with van der Waals surface area (Å²) in [6.07, 6.45) is 15.4. The second-order valence-electron chi connectivity index (χ2n) is 24.0. The zero-order valence-electron chi connectivity index (χ0n) is 46.0. The quantitative estimate of drug-likeness (QED) is 0.0315. The number of aliphatic hydroxyl groups excluding tert-OH is 2. The molecule has 2 aromatic carbocycles. The summed E-state index contributed by atoms with van der Waals surface area (Å²) in [6, 6.07) is 15.2. The molecule has 0 spiro atoms. The molecule has 6 aliphatic rings. The number of unbranched alkanes of at least 4 members (excludes halogenated alkanes) is 4. The third-order valence-electron chi connectivity index (χ3n) is 17.9. The van der Waals surface area contributed by atoms with Gasteiger partial charge in [0.2, 0.25) is 5.78 Å². The fourth-order valence-corrected chi connectivity index (χ4v) is 14.9. The van der Waals surface area contributed by atoms with Crippen LogP contribution >= 0.6 is 7.82 Å². The van der Waals surface area contributed by atoms with E-state index in [9.17, 15) is 38.9 Å². The fraction of sp³-hybridized carbons (Fsp3) is 0.678. The Bertz CT molecular complexity index is 2430. The maximum atomic E-state index is 15.0. The Morgan fingerprint density at radius 2 is 1.69 bits per heavy atom. The van der Waals surface area contributed by atoms with Crippen molar-refractivity contribution in [2.45, 2.75) is 166 Å². The van der Waals surface area contributed by atoms with Crippen molar-refractivity contribution < 1.29 is 84.0 Å². The summed E-state index contributed by atoms with van der Waals surface area (Å²) >= 11 is 0. The van der Waals surface area contributed by atoms with E-state index < -0.39 is 73.5 Å². The number of phosphoric acid groups is 1. The van der Waals surface area contributed by atoms with Crippen molar-refractivity contribution in [3.63, 3.8) is 0 Å². The van der Waals surface area contributed by atoms with Gasteiger partial charge in [-0.2, -0.15) is 0 Å². The molecule has 0 bridgehead atoms. The number of aryl methyl sites for hydroxylation is 1. The van der Waals surface area contributed by atoms with Crippen LogP contribution in [0, 0.1) is 34.5 Å². The average Bonchev–Trinajstić information content (AvgIpc) is 4.03. The van der Waals surface area contributed by atoms with Crippen molar-refractivity contribution in [3.05, 3.63) is 89.0 Å². The third kappa shape index (κ3) is 14.5. The van der Waals surface area contributed by atoms with Gasteiger partial charge in [-0.25, -0.2) is 9.36 Å². The summed E-state index contributed by atoms with van der Waals surface area (Å²) < 4.78 is 48.4.